The van der Waals surface area contributed by atoms with Crippen LogP contribution in [0.2, 0.25) is 5.02 Å². The largest absolute Gasteiger partial charge is 0.379 e. The molecule has 114 valence electrons. The molecule has 2 bridgehead atoms. The number of carbonyl (C=O) groups is 1. The molecule has 2 fully saturated rings. The lowest BCUT2D eigenvalue weighted by atomic mass is 10.1. The van der Waals surface area contributed by atoms with E-state index in [4.69, 9.17) is 16.3 Å². The molecular formula is C16H21ClN2O2. The van der Waals surface area contributed by atoms with Crippen LogP contribution in [0.5, 0.6) is 0 Å². The van der Waals surface area contributed by atoms with E-state index in [2.05, 4.69) is 11.9 Å². The van der Waals surface area contributed by atoms with E-state index in [1.165, 1.54) is 0 Å². The van der Waals surface area contributed by atoms with Crippen molar-refractivity contribution in [3.05, 3.63) is 34.3 Å². The predicted molar refractivity (Wildman–Crippen MR) is 82.8 cm³/mol. The molecule has 21 heavy (non-hydrogen) atoms. The molecule has 4 nitrogen and oxygen atoms in total. The Balaban J connectivity index is 1.82. The van der Waals surface area contributed by atoms with Gasteiger partial charge >= 0.3 is 0 Å². The smallest absolute Gasteiger partial charge is 0.253 e. The molecule has 5 heteroatoms. The zero-order chi connectivity index (χ0) is 15.0. The second-order valence-corrected chi connectivity index (χ2v) is 6.58. The van der Waals surface area contributed by atoms with Gasteiger partial charge in [0, 0.05) is 36.1 Å². The first kappa shape index (κ1) is 14.8. The van der Waals surface area contributed by atoms with E-state index >= 15 is 0 Å². The van der Waals surface area contributed by atoms with E-state index in [1.807, 2.05) is 24.0 Å². The maximum atomic E-state index is 12.8. The van der Waals surface area contributed by atoms with E-state index in [0.29, 0.717) is 17.5 Å². The Kier molecular flexibility index (Phi) is 4.20. The fourth-order valence-electron chi connectivity index (χ4n) is 3.18. The van der Waals surface area contributed by atoms with Crippen molar-refractivity contribution in [3.63, 3.8) is 0 Å². The molecule has 0 aliphatic carbocycles. The molecule has 1 aromatic rings. The summed E-state index contributed by atoms with van der Waals surface area (Å²) >= 11 is 6.05. The highest BCUT2D eigenvalue weighted by Crippen LogP contribution is 2.22. The number of likely N-dealkylation sites (N-methyl/N-ethyl adjacent to an activating group) is 1. The zero-order valence-corrected chi connectivity index (χ0v) is 13.3. The number of hydrogen-bond acceptors (Lipinski definition) is 3. The fourth-order valence-corrected chi connectivity index (χ4v) is 3.29. The van der Waals surface area contributed by atoms with E-state index in [9.17, 15) is 4.79 Å². The van der Waals surface area contributed by atoms with Gasteiger partial charge in [-0.05, 0) is 37.7 Å². The third-order valence-electron chi connectivity index (χ3n) is 4.44. The van der Waals surface area contributed by atoms with Gasteiger partial charge < -0.3 is 9.64 Å². The number of amides is 1. The zero-order valence-electron chi connectivity index (χ0n) is 12.5. The highest BCUT2D eigenvalue weighted by Gasteiger charge is 2.33. The van der Waals surface area contributed by atoms with E-state index < -0.39 is 0 Å². The second-order valence-electron chi connectivity index (χ2n) is 6.17. The third-order valence-corrected chi connectivity index (χ3v) is 4.86. The Hall–Kier alpha value is -1.10. The quantitative estimate of drug-likeness (QED) is 0.796. The molecule has 0 unspecified atom stereocenters. The summed E-state index contributed by atoms with van der Waals surface area (Å²) in [5.74, 6) is 0.488. The summed E-state index contributed by atoms with van der Waals surface area (Å²) in [5.41, 5.74) is 1.67. The number of carbonyl (C=O) groups excluding carboxylic acids is 1. The lowest BCUT2D eigenvalue weighted by Crippen LogP contribution is -2.44. The summed E-state index contributed by atoms with van der Waals surface area (Å²) in [4.78, 5) is 17.1. The van der Waals surface area contributed by atoms with Crippen molar-refractivity contribution in [2.45, 2.75) is 13.0 Å². The van der Waals surface area contributed by atoms with Crippen molar-refractivity contribution in [1.82, 2.24) is 9.80 Å². The maximum absolute atomic E-state index is 12.8. The Morgan fingerprint density at radius 3 is 2.86 bits per heavy atom. The lowest BCUT2D eigenvalue weighted by Gasteiger charge is -2.30. The van der Waals surface area contributed by atoms with Crippen LogP contribution in [0.1, 0.15) is 15.9 Å². The van der Waals surface area contributed by atoms with Crippen LogP contribution < -0.4 is 0 Å². The van der Waals surface area contributed by atoms with Gasteiger partial charge in [0.25, 0.3) is 5.91 Å². The van der Waals surface area contributed by atoms with Gasteiger partial charge in [0.05, 0.1) is 19.3 Å². The van der Waals surface area contributed by atoms with Crippen LogP contribution in [0.4, 0.5) is 0 Å². The number of benzene rings is 1. The second kappa shape index (κ2) is 5.95. The van der Waals surface area contributed by atoms with Gasteiger partial charge in [0.2, 0.25) is 0 Å². The molecule has 1 aromatic carbocycles. The fraction of sp³-hybridized carbons (Fsp3) is 0.562. The Morgan fingerprint density at radius 1 is 1.29 bits per heavy atom. The summed E-state index contributed by atoms with van der Waals surface area (Å²) < 4.78 is 5.70. The molecule has 0 radical (unpaired) electrons. The summed E-state index contributed by atoms with van der Waals surface area (Å²) in [6.07, 6.45) is 0. The normalized spacial score (nSPS) is 26.5. The summed E-state index contributed by atoms with van der Waals surface area (Å²) in [7, 11) is 2.12. The molecular weight excluding hydrogens is 288 g/mol. The first-order valence-corrected chi connectivity index (χ1v) is 7.76. The summed E-state index contributed by atoms with van der Waals surface area (Å²) in [6, 6.07) is 5.79. The van der Waals surface area contributed by atoms with Gasteiger partial charge in [0.15, 0.2) is 0 Å². The van der Waals surface area contributed by atoms with Crippen molar-refractivity contribution < 1.29 is 9.53 Å². The number of fused-ring (bicyclic) bond motifs is 3. The van der Waals surface area contributed by atoms with Crippen molar-refractivity contribution in [3.8, 4) is 0 Å². The van der Waals surface area contributed by atoms with E-state index in [1.54, 1.807) is 6.07 Å². The van der Waals surface area contributed by atoms with Gasteiger partial charge in [-0.1, -0.05) is 11.6 Å². The molecule has 2 atom stereocenters. The monoisotopic (exact) mass is 308 g/mol. The Morgan fingerprint density at radius 2 is 2.10 bits per heavy atom. The van der Waals surface area contributed by atoms with Crippen LogP contribution in [0, 0.1) is 12.8 Å². The Labute approximate surface area is 130 Å². The lowest BCUT2D eigenvalue weighted by molar-refractivity contribution is 0.0433. The Bertz CT molecular complexity index is 549. The topological polar surface area (TPSA) is 32.8 Å². The SMILES string of the molecule is Cc1cc(C(=O)N2C[C@@H]3COC[C@H](C2)N(C)C3)ccc1Cl. The molecule has 2 heterocycles. The van der Waals surface area contributed by atoms with Crippen LogP contribution in [-0.4, -0.2) is 61.6 Å². The minimum Gasteiger partial charge on any atom is -0.379 e. The molecule has 0 aromatic heterocycles. The first-order valence-electron chi connectivity index (χ1n) is 7.38. The third kappa shape index (κ3) is 3.07. The molecule has 1 amide bonds. The molecule has 0 N–H and O–H groups in total. The van der Waals surface area contributed by atoms with Crippen LogP contribution in [0.25, 0.3) is 0 Å². The molecule has 2 aliphatic heterocycles. The number of nitrogens with zero attached hydrogens (tertiary/aromatic N) is 2. The van der Waals surface area contributed by atoms with Crippen LogP contribution in [0.15, 0.2) is 18.2 Å². The van der Waals surface area contributed by atoms with Crippen molar-refractivity contribution in [1.29, 1.82) is 0 Å². The molecule has 2 saturated heterocycles. The average Bonchev–Trinajstić information content (AvgIpc) is 2.69. The van der Waals surface area contributed by atoms with Gasteiger partial charge in [-0.3, -0.25) is 9.69 Å². The number of rotatable bonds is 1. The highest BCUT2D eigenvalue weighted by molar-refractivity contribution is 6.31. The van der Waals surface area contributed by atoms with E-state index in [0.717, 1.165) is 37.4 Å². The number of halogens is 1. The van der Waals surface area contributed by atoms with Gasteiger partial charge in [0.1, 0.15) is 0 Å². The van der Waals surface area contributed by atoms with E-state index in [-0.39, 0.29) is 11.9 Å². The number of ether oxygens (including phenoxy) is 1. The van der Waals surface area contributed by atoms with Gasteiger partial charge in [-0.2, -0.15) is 0 Å². The van der Waals surface area contributed by atoms with Crippen LogP contribution in [-0.2, 0) is 4.74 Å². The average molecular weight is 309 g/mol. The summed E-state index contributed by atoms with van der Waals surface area (Å²) in [5, 5.41) is 0.701. The van der Waals surface area contributed by atoms with Gasteiger partial charge in [-0.25, -0.2) is 0 Å². The molecule has 2 aliphatic rings. The van der Waals surface area contributed by atoms with Crippen LogP contribution >= 0.6 is 11.6 Å². The minimum absolute atomic E-state index is 0.0990. The first-order chi connectivity index (χ1) is 10.0. The van der Waals surface area contributed by atoms with Crippen molar-refractivity contribution in [2.24, 2.45) is 5.92 Å². The number of aryl methyl sites for hydroxylation is 1. The molecule has 0 saturated carbocycles. The number of hydrogen-bond donors (Lipinski definition) is 0. The van der Waals surface area contributed by atoms with Crippen LogP contribution in [0.3, 0.4) is 0 Å². The standard InChI is InChI=1S/C16H21ClN2O2/c1-11-5-13(3-4-15(11)17)16(20)19-7-12-6-18(2)14(8-19)10-21-9-12/h3-5,12,14H,6-10H2,1-2H3/t12-,14+/m1/s1. The van der Waals surface area contributed by atoms with Crippen molar-refractivity contribution >= 4 is 17.5 Å². The highest BCUT2D eigenvalue weighted by atomic mass is 35.5. The van der Waals surface area contributed by atoms with Crippen molar-refractivity contribution in [2.75, 3.05) is 39.9 Å². The minimum atomic E-state index is 0.0990. The molecule has 3 rings (SSSR count). The summed E-state index contributed by atoms with van der Waals surface area (Å²) in [6.45, 7) is 5.86. The van der Waals surface area contributed by atoms with Gasteiger partial charge in [-0.15, -0.1) is 0 Å². The predicted octanol–water partition coefficient (Wildman–Crippen LogP) is 2.05. The molecule has 0 spiro atoms. The maximum Gasteiger partial charge on any atom is 0.253 e.